The predicted molar refractivity (Wildman–Crippen MR) is 110 cm³/mol. The number of aryl methyl sites for hydroxylation is 1. The van der Waals surface area contributed by atoms with Crippen LogP contribution in [-0.4, -0.2) is 32.2 Å². The minimum atomic E-state index is -0.322. The van der Waals surface area contributed by atoms with Gasteiger partial charge in [-0.25, -0.2) is 0 Å². The molecule has 0 saturated heterocycles. The van der Waals surface area contributed by atoms with Crippen LogP contribution in [0.1, 0.15) is 70.8 Å². The monoisotopic (exact) mass is 384 g/mol. The number of aliphatic hydroxyl groups is 2. The molecule has 1 aromatic heterocycles. The molecule has 28 heavy (non-hydrogen) atoms. The first kappa shape index (κ1) is 18.9. The van der Waals surface area contributed by atoms with E-state index in [1.807, 2.05) is 24.1 Å². The fourth-order valence-electron chi connectivity index (χ4n) is 7.96. The minimum absolute atomic E-state index is 0.0204. The topological polar surface area (TPSA) is 58.3 Å². The molecule has 2 N–H and O–H groups in total. The molecule has 5 rings (SSSR count). The Balaban J connectivity index is 1.44. The second-order valence-electron chi connectivity index (χ2n) is 10.9. The fourth-order valence-corrected chi connectivity index (χ4v) is 7.96. The second kappa shape index (κ2) is 6.43. The lowest BCUT2D eigenvalue weighted by Gasteiger charge is -2.60. The largest absolute Gasteiger partial charge is 0.393 e. The van der Waals surface area contributed by atoms with Gasteiger partial charge in [0, 0.05) is 24.2 Å². The van der Waals surface area contributed by atoms with Crippen molar-refractivity contribution >= 4 is 6.08 Å². The first-order valence-corrected chi connectivity index (χ1v) is 11.4. The van der Waals surface area contributed by atoms with Gasteiger partial charge in [0.1, 0.15) is 0 Å². The van der Waals surface area contributed by atoms with Gasteiger partial charge in [-0.2, -0.15) is 5.10 Å². The van der Waals surface area contributed by atoms with E-state index >= 15 is 0 Å². The number of fused-ring (bicyclic) bond motifs is 5. The maximum atomic E-state index is 11.3. The van der Waals surface area contributed by atoms with Gasteiger partial charge in [-0.05, 0) is 86.0 Å². The predicted octanol–water partition coefficient (Wildman–Crippen LogP) is 4.18. The zero-order valence-corrected chi connectivity index (χ0v) is 17.6. The van der Waals surface area contributed by atoms with E-state index in [2.05, 4.69) is 25.0 Å². The molecule has 4 heteroatoms. The first-order valence-electron chi connectivity index (χ1n) is 11.4. The maximum Gasteiger partial charge on any atom is 0.0809 e. The van der Waals surface area contributed by atoms with E-state index in [0.29, 0.717) is 17.3 Å². The lowest BCUT2D eigenvalue weighted by atomic mass is 9.45. The van der Waals surface area contributed by atoms with E-state index in [0.717, 1.165) is 43.1 Å². The molecule has 0 spiro atoms. The number of hydrogen-bond donors (Lipinski definition) is 2. The van der Waals surface area contributed by atoms with E-state index in [1.165, 1.54) is 31.3 Å². The summed E-state index contributed by atoms with van der Waals surface area (Å²) in [5, 5.41) is 25.8. The van der Waals surface area contributed by atoms with Crippen LogP contribution in [0.4, 0.5) is 0 Å². The van der Waals surface area contributed by atoms with Crippen LogP contribution in [0.5, 0.6) is 0 Å². The van der Waals surface area contributed by atoms with Crippen LogP contribution in [0.3, 0.4) is 0 Å². The second-order valence-corrected chi connectivity index (χ2v) is 10.9. The Morgan fingerprint density at radius 1 is 1.07 bits per heavy atom. The molecule has 4 nitrogen and oxygen atoms in total. The van der Waals surface area contributed by atoms with Crippen LogP contribution in [0.2, 0.25) is 0 Å². The van der Waals surface area contributed by atoms with Gasteiger partial charge in [0.15, 0.2) is 0 Å². The molecule has 4 saturated carbocycles. The molecule has 4 aliphatic carbocycles. The summed E-state index contributed by atoms with van der Waals surface area (Å²) in [4.78, 5) is 0. The summed E-state index contributed by atoms with van der Waals surface area (Å²) >= 11 is 0. The van der Waals surface area contributed by atoms with Crippen LogP contribution in [-0.2, 0) is 7.05 Å². The Kier molecular flexibility index (Phi) is 4.34. The molecule has 4 aliphatic rings. The van der Waals surface area contributed by atoms with Crippen LogP contribution in [0, 0.1) is 34.5 Å². The van der Waals surface area contributed by atoms with Crippen molar-refractivity contribution in [3.63, 3.8) is 0 Å². The third kappa shape index (κ3) is 2.67. The quantitative estimate of drug-likeness (QED) is 0.764. The third-order valence-electron chi connectivity index (χ3n) is 9.58. The van der Waals surface area contributed by atoms with Crippen LogP contribution >= 0.6 is 0 Å². The highest BCUT2D eigenvalue weighted by Crippen LogP contribution is 2.67. The van der Waals surface area contributed by atoms with Gasteiger partial charge >= 0.3 is 0 Å². The molecule has 0 bridgehead atoms. The Bertz CT molecular complexity index is 785. The molecule has 8 atom stereocenters. The summed E-state index contributed by atoms with van der Waals surface area (Å²) in [6.45, 7) is 4.88. The van der Waals surface area contributed by atoms with E-state index in [-0.39, 0.29) is 17.6 Å². The molecular formula is C24H36N2O2. The molecule has 0 amide bonds. The number of aromatic nitrogens is 2. The van der Waals surface area contributed by atoms with Crippen molar-refractivity contribution in [2.75, 3.05) is 0 Å². The third-order valence-corrected chi connectivity index (χ3v) is 9.58. The number of hydrogen-bond acceptors (Lipinski definition) is 3. The number of aliphatic hydroxyl groups excluding tert-OH is 2. The van der Waals surface area contributed by atoms with Crippen LogP contribution < -0.4 is 0 Å². The summed E-state index contributed by atoms with van der Waals surface area (Å²) in [6.07, 6.45) is 14.9. The molecule has 0 aromatic carbocycles. The lowest BCUT2D eigenvalue weighted by molar-refractivity contribution is -0.133. The lowest BCUT2D eigenvalue weighted by Crippen LogP contribution is -2.54. The molecule has 0 radical (unpaired) electrons. The summed E-state index contributed by atoms with van der Waals surface area (Å²) < 4.78 is 1.83. The van der Waals surface area contributed by atoms with Gasteiger partial charge in [0.25, 0.3) is 0 Å². The van der Waals surface area contributed by atoms with E-state index in [1.54, 1.807) is 0 Å². The highest BCUT2D eigenvalue weighted by atomic mass is 16.3. The first-order chi connectivity index (χ1) is 13.3. The highest BCUT2D eigenvalue weighted by molar-refractivity contribution is 5.54. The summed E-state index contributed by atoms with van der Waals surface area (Å²) in [6, 6.07) is 0. The zero-order chi connectivity index (χ0) is 19.7. The van der Waals surface area contributed by atoms with Crippen molar-refractivity contribution in [2.45, 2.75) is 77.4 Å². The molecule has 4 fully saturated rings. The smallest absolute Gasteiger partial charge is 0.0809 e. The Hall–Kier alpha value is -1.13. The molecule has 1 aromatic rings. The average Bonchev–Trinajstić information content (AvgIpc) is 3.18. The number of nitrogens with zero attached hydrogens (tertiary/aromatic N) is 2. The Morgan fingerprint density at radius 3 is 2.61 bits per heavy atom. The number of rotatable bonds is 1. The molecule has 0 aliphatic heterocycles. The van der Waals surface area contributed by atoms with Gasteiger partial charge in [0.2, 0.25) is 0 Å². The van der Waals surface area contributed by atoms with Gasteiger partial charge in [0.05, 0.1) is 18.4 Å². The van der Waals surface area contributed by atoms with E-state index < -0.39 is 0 Å². The summed E-state index contributed by atoms with van der Waals surface area (Å²) in [5.41, 5.74) is 2.73. The fraction of sp³-hybridized carbons (Fsp3) is 0.792. The van der Waals surface area contributed by atoms with Gasteiger partial charge < -0.3 is 10.2 Å². The van der Waals surface area contributed by atoms with Crippen molar-refractivity contribution in [2.24, 2.45) is 41.5 Å². The van der Waals surface area contributed by atoms with E-state index in [4.69, 9.17) is 0 Å². The van der Waals surface area contributed by atoms with Gasteiger partial charge in [-0.1, -0.05) is 19.9 Å². The van der Waals surface area contributed by atoms with Crippen molar-refractivity contribution in [3.8, 4) is 0 Å². The van der Waals surface area contributed by atoms with Gasteiger partial charge in [-0.15, -0.1) is 0 Å². The summed E-state index contributed by atoms with van der Waals surface area (Å²) in [7, 11) is 1.94. The van der Waals surface area contributed by atoms with Crippen LogP contribution in [0.15, 0.2) is 18.0 Å². The van der Waals surface area contributed by atoms with Crippen molar-refractivity contribution < 1.29 is 10.2 Å². The molecule has 1 heterocycles. The molecule has 154 valence electrons. The zero-order valence-electron chi connectivity index (χ0n) is 17.6. The van der Waals surface area contributed by atoms with Gasteiger partial charge in [-0.3, -0.25) is 4.68 Å². The average molecular weight is 385 g/mol. The van der Waals surface area contributed by atoms with Crippen LogP contribution in [0.25, 0.3) is 6.08 Å². The van der Waals surface area contributed by atoms with E-state index in [9.17, 15) is 10.2 Å². The summed E-state index contributed by atoms with van der Waals surface area (Å²) in [5.74, 6) is 2.78. The standard InChI is InChI=1S/C24H36N2O2/c1-23-8-6-18(27)12-17(23)4-5-19-20(23)7-9-24(2)21(19)11-16(22(24)28)10-15-13-25-26(3)14-15/h10,13-14,17-22,27-28H,4-9,11-12H2,1-3H3/b16-10-/t17-,18+,19-,20+,21+,22+,23+,24+/m1/s1. The highest BCUT2D eigenvalue weighted by Gasteiger charge is 2.61. The molecule has 0 unspecified atom stereocenters. The van der Waals surface area contributed by atoms with Crippen molar-refractivity contribution in [3.05, 3.63) is 23.5 Å². The minimum Gasteiger partial charge on any atom is -0.393 e. The Morgan fingerprint density at radius 2 is 1.86 bits per heavy atom. The SMILES string of the molecule is Cn1cc(/C=C2/C[C@H]3[C@@H]4CC[C@@H]5C[C@@H](O)CC[C@]5(C)[C@H]4CC[C@]3(C)[C@H]2O)cn1. The normalized spacial score (nSPS) is 49.5. The Labute approximate surface area is 169 Å². The maximum absolute atomic E-state index is 11.3. The van der Waals surface area contributed by atoms with Crippen molar-refractivity contribution in [1.82, 2.24) is 9.78 Å². The molecular weight excluding hydrogens is 348 g/mol. The van der Waals surface area contributed by atoms with Crippen molar-refractivity contribution in [1.29, 1.82) is 0 Å².